The molecule has 0 aromatic heterocycles. The number of ether oxygens (including phenoxy) is 2. The van der Waals surface area contributed by atoms with Crippen molar-refractivity contribution in [2.75, 3.05) is 13.2 Å². The van der Waals surface area contributed by atoms with Gasteiger partial charge in [-0.2, -0.15) is 0 Å². The second-order valence-electron chi connectivity index (χ2n) is 4.49. The van der Waals surface area contributed by atoms with Gasteiger partial charge < -0.3 is 14.8 Å². The van der Waals surface area contributed by atoms with E-state index in [0.717, 1.165) is 18.5 Å². The highest BCUT2D eigenvalue weighted by molar-refractivity contribution is 6.30. The minimum atomic E-state index is -0.494. The summed E-state index contributed by atoms with van der Waals surface area (Å²) in [5, 5.41) is 3.96. The highest BCUT2D eigenvalue weighted by Crippen LogP contribution is 2.25. The molecule has 104 valence electrons. The second-order valence-corrected chi connectivity index (χ2v) is 4.93. The highest BCUT2D eigenvalue weighted by Gasteiger charge is 2.28. The van der Waals surface area contributed by atoms with Crippen LogP contribution in [0.3, 0.4) is 0 Å². The summed E-state index contributed by atoms with van der Waals surface area (Å²) < 4.78 is 10.6. The van der Waals surface area contributed by atoms with E-state index in [0.29, 0.717) is 30.3 Å². The molecule has 1 aromatic rings. The van der Waals surface area contributed by atoms with Crippen LogP contribution in [0.5, 0.6) is 5.75 Å². The van der Waals surface area contributed by atoms with Crippen LogP contribution >= 0.6 is 11.6 Å². The molecular formula is C14H18ClNO3. The number of halogens is 1. The van der Waals surface area contributed by atoms with Crippen molar-refractivity contribution in [1.29, 1.82) is 0 Å². The summed E-state index contributed by atoms with van der Waals surface area (Å²) in [7, 11) is 0. The SMILES string of the molecule is CCCNCc1cc(Cl)ccc1OC1CCOC1=O. The van der Waals surface area contributed by atoms with Crippen molar-refractivity contribution in [2.45, 2.75) is 32.4 Å². The van der Waals surface area contributed by atoms with E-state index < -0.39 is 6.10 Å². The Hall–Kier alpha value is -1.26. The van der Waals surface area contributed by atoms with Crippen LogP contribution in [0.15, 0.2) is 18.2 Å². The number of esters is 1. The molecule has 1 heterocycles. The van der Waals surface area contributed by atoms with E-state index in [4.69, 9.17) is 21.1 Å². The van der Waals surface area contributed by atoms with Crippen LogP contribution in [-0.2, 0) is 16.1 Å². The van der Waals surface area contributed by atoms with E-state index in [-0.39, 0.29) is 5.97 Å². The lowest BCUT2D eigenvalue weighted by atomic mass is 10.2. The molecule has 19 heavy (non-hydrogen) atoms. The molecule has 5 heteroatoms. The summed E-state index contributed by atoms with van der Waals surface area (Å²) in [4.78, 5) is 11.4. The Bertz CT molecular complexity index is 450. The quantitative estimate of drug-likeness (QED) is 0.644. The maximum Gasteiger partial charge on any atom is 0.347 e. The highest BCUT2D eigenvalue weighted by atomic mass is 35.5. The van der Waals surface area contributed by atoms with Crippen LogP contribution in [-0.4, -0.2) is 25.2 Å². The summed E-state index contributed by atoms with van der Waals surface area (Å²) in [5.41, 5.74) is 0.959. The van der Waals surface area contributed by atoms with Crippen molar-refractivity contribution in [3.63, 3.8) is 0 Å². The van der Waals surface area contributed by atoms with Gasteiger partial charge in [0.05, 0.1) is 6.61 Å². The molecule has 0 saturated carbocycles. The van der Waals surface area contributed by atoms with Crippen molar-refractivity contribution < 1.29 is 14.3 Å². The van der Waals surface area contributed by atoms with Gasteiger partial charge in [-0.25, -0.2) is 4.79 Å². The lowest BCUT2D eigenvalue weighted by molar-refractivity contribution is -0.143. The van der Waals surface area contributed by atoms with E-state index in [1.807, 2.05) is 6.07 Å². The van der Waals surface area contributed by atoms with E-state index in [1.54, 1.807) is 12.1 Å². The molecule has 2 rings (SSSR count). The predicted octanol–water partition coefficient (Wildman–Crippen LogP) is 2.53. The minimum Gasteiger partial charge on any atom is -0.478 e. The van der Waals surface area contributed by atoms with Gasteiger partial charge in [0, 0.05) is 23.6 Å². The molecule has 0 aliphatic carbocycles. The molecule has 1 atom stereocenters. The van der Waals surface area contributed by atoms with E-state index in [2.05, 4.69) is 12.2 Å². The number of rotatable bonds is 6. The number of cyclic esters (lactones) is 1. The Morgan fingerprint density at radius 3 is 3.05 bits per heavy atom. The molecule has 1 saturated heterocycles. The minimum absolute atomic E-state index is 0.289. The van der Waals surface area contributed by atoms with Gasteiger partial charge in [0.25, 0.3) is 0 Å². The van der Waals surface area contributed by atoms with Gasteiger partial charge in [-0.15, -0.1) is 0 Å². The van der Waals surface area contributed by atoms with Crippen LogP contribution in [0.25, 0.3) is 0 Å². The van der Waals surface area contributed by atoms with Crippen LogP contribution in [0.1, 0.15) is 25.3 Å². The largest absolute Gasteiger partial charge is 0.478 e. The van der Waals surface area contributed by atoms with Crippen LogP contribution < -0.4 is 10.1 Å². The van der Waals surface area contributed by atoms with E-state index in [9.17, 15) is 4.79 Å². The second kappa shape index (κ2) is 6.78. The van der Waals surface area contributed by atoms with E-state index >= 15 is 0 Å². The molecule has 1 fully saturated rings. The summed E-state index contributed by atoms with van der Waals surface area (Å²) >= 11 is 6.00. The summed E-state index contributed by atoms with van der Waals surface area (Å²) in [5.74, 6) is 0.402. The van der Waals surface area contributed by atoms with Gasteiger partial charge in [-0.1, -0.05) is 18.5 Å². The molecule has 0 radical (unpaired) electrons. The first-order chi connectivity index (χ1) is 9.20. The Morgan fingerprint density at radius 2 is 2.37 bits per heavy atom. The molecule has 0 spiro atoms. The lowest BCUT2D eigenvalue weighted by Gasteiger charge is -2.15. The van der Waals surface area contributed by atoms with Crippen molar-refractivity contribution in [3.8, 4) is 5.75 Å². The molecule has 1 aliphatic rings. The first-order valence-electron chi connectivity index (χ1n) is 6.53. The maximum atomic E-state index is 11.4. The van der Waals surface area contributed by atoms with Gasteiger partial charge in [-0.3, -0.25) is 0 Å². The number of hydrogen-bond donors (Lipinski definition) is 1. The average Bonchev–Trinajstić information content (AvgIpc) is 2.78. The Kier molecular flexibility index (Phi) is 5.05. The summed E-state index contributed by atoms with van der Waals surface area (Å²) in [6.45, 7) is 4.14. The average molecular weight is 284 g/mol. The molecule has 4 nitrogen and oxygen atoms in total. The molecule has 1 aliphatic heterocycles. The molecule has 1 aromatic carbocycles. The number of hydrogen-bond acceptors (Lipinski definition) is 4. The van der Waals surface area contributed by atoms with Crippen molar-refractivity contribution >= 4 is 17.6 Å². The first kappa shape index (κ1) is 14.2. The molecule has 1 N–H and O–H groups in total. The standard InChI is InChI=1S/C14H18ClNO3/c1-2-6-16-9-10-8-11(15)3-4-12(10)19-13-5-7-18-14(13)17/h3-4,8,13,16H,2,5-7,9H2,1H3. The molecule has 0 bridgehead atoms. The van der Waals surface area contributed by atoms with Crippen LogP contribution in [0.2, 0.25) is 5.02 Å². The normalized spacial score (nSPS) is 18.4. The topological polar surface area (TPSA) is 47.6 Å². The predicted molar refractivity (Wildman–Crippen MR) is 73.4 cm³/mol. The smallest absolute Gasteiger partial charge is 0.347 e. The van der Waals surface area contributed by atoms with Crippen LogP contribution in [0, 0.1) is 0 Å². The third kappa shape index (κ3) is 3.85. The third-order valence-corrected chi connectivity index (χ3v) is 3.16. The summed E-state index contributed by atoms with van der Waals surface area (Å²) in [6, 6.07) is 5.43. The van der Waals surface area contributed by atoms with Crippen molar-refractivity contribution in [1.82, 2.24) is 5.32 Å². The number of nitrogens with one attached hydrogen (secondary N) is 1. The third-order valence-electron chi connectivity index (χ3n) is 2.92. The zero-order valence-electron chi connectivity index (χ0n) is 10.9. The molecular weight excluding hydrogens is 266 g/mol. The maximum absolute atomic E-state index is 11.4. The first-order valence-corrected chi connectivity index (χ1v) is 6.91. The Morgan fingerprint density at radius 1 is 1.53 bits per heavy atom. The fraction of sp³-hybridized carbons (Fsp3) is 0.500. The molecule has 0 amide bonds. The Balaban J connectivity index is 2.07. The fourth-order valence-electron chi connectivity index (χ4n) is 1.94. The zero-order chi connectivity index (χ0) is 13.7. The van der Waals surface area contributed by atoms with Crippen molar-refractivity contribution in [3.05, 3.63) is 28.8 Å². The fourth-order valence-corrected chi connectivity index (χ4v) is 2.13. The summed E-state index contributed by atoms with van der Waals surface area (Å²) in [6.07, 6.45) is 1.17. The van der Waals surface area contributed by atoms with Gasteiger partial charge in [-0.05, 0) is 31.2 Å². The zero-order valence-corrected chi connectivity index (χ0v) is 11.7. The lowest BCUT2D eigenvalue weighted by Crippen LogP contribution is -2.23. The van der Waals surface area contributed by atoms with Gasteiger partial charge >= 0.3 is 5.97 Å². The van der Waals surface area contributed by atoms with Gasteiger partial charge in [0.15, 0.2) is 6.10 Å². The number of carbonyl (C=O) groups is 1. The van der Waals surface area contributed by atoms with Gasteiger partial charge in [0.1, 0.15) is 5.75 Å². The number of benzene rings is 1. The Labute approximate surface area is 118 Å². The monoisotopic (exact) mass is 283 g/mol. The van der Waals surface area contributed by atoms with E-state index in [1.165, 1.54) is 0 Å². The van der Waals surface area contributed by atoms with Gasteiger partial charge in [0.2, 0.25) is 0 Å². The number of carbonyl (C=O) groups excluding carboxylic acids is 1. The van der Waals surface area contributed by atoms with Crippen molar-refractivity contribution in [2.24, 2.45) is 0 Å². The molecule has 1 unspecified atom stereocenters. The van der Waals surface area contributed by atoms with Crippen LogP contribution in [0.4, 0.5) is 0 Å².